The zero-order valence-electron chi connectivity index (χ0n) is 12.6. The van der Waals surface area contributed by atoms with Crippen molar-refractivity contribution in [3.63, 3.8) is 0 Å². The molecule has 0 aliphatic heterocycles. The maximum absolute atomic E-state index is 12.5. The Hall–Kier alpha value is -2.35. The fourth-order valence-electron chi connectivity index (χ4n) is 2.17. The average Bonchev–Trinajstić information content (AvgIpc) is 3.08. The maximum Gasteiger partial charge on any atom is 0.328 e. The van der Waals surface area contributed by atoms with Gasteiger partial charge in [0.25, 0.3) is 11.5 Å². The molecule has 3 aromatic rings. The molecule has 0 fully saturated rings. The third-order valence-electron chi connectivity index (χ3n) is 3.40. The summed E-state index contributed by atoms with van der Waals surface area (Å²) in [4.78, 5) is 40.1. The largest absolute Gasteiger partial charge is 0.328 e. The fraction of sp³-hybridized carbons (Fsp3) is 0.0625. The second-order valence-corrected chi connectivity index (χ2v) is 6.88. The molecule has 0 atom stereocenters. The van der Waals surface area contributed by atoms with Crippen molar-refractivity contribution in [3.8, 4) is 0 Å². The summed E-state index contributed by atoms with van der Waals surface area (Å²) in [5.74, 6) is -0.712. The van der Waals surface area contributed by atoms with Crippen molar-refractivity contribution >= 4 is 46.1 Å². The monoisotopic (exact) mass is 395 g/mol. The smallest absolute Gasteiger partial charge is 0.319 e. The van der Waals surface area contributed by atoms with Gasteiger partial charge in [-0.15, -0.1) is 11.3 Å². The second-order valence-electron chi connectivity index (χ2n) is 5.03. The van der Waals surface area contributed by atoms with Crippen molar-refractivity contribution < 1.29 is 4.79 Å². The first-order valence-electron chi connectivity index (χ1n) is 7.07. The predicted molar refractivity (Wildman–Crippen MR) is 99.2 cm³/mol. The predicted octanol–water partition coefficient (Wildman–Crippen LogP) is 3.21. The van der Waals surface area contributed by atoms with Gasteiger partial charge >= 0.3 is 5.69 Å². The van der Waals surface area contributed by atoms with Crippen LogP contribution in [0.5, 0.6) is 0 Å². The average molecular weight is 396 g/mol. The first-order chi connectivity index (χ1) is 12.0. The van der Waals surface area contributed by atoms with E-state index in [1.807, 2.05) is 11.4 Å². The number of para-hydroxylation sites is 1. The lowest BCUT2D eigenvalue weighted by Crippen LogP contribution is -2.39. The highest BCUT2D eigenvalue weighted by molar-refractivity contribution is 7.09. The van der Waals surface area contributed by atoms with Gasteiger partial charge in [0.1, 0.15) is 5.56 Å². The van der Waals surface area contributed by atoms with E-state index < -0.39 is 17.2 Å². The molecule has 0 radical (unpaired) electrons. The highest BCUT2D eigenvalue weighted by atomic mass is 35.5. The van der Waals surface area contributed by atoms with Gasteiger partial charge in [-0.25, -0.2) is 4.79 Å². The van der Waals surface area contributed by atoms with Crippen LogP contribution in [0.4, 0.5) is 5.69 Å². The molecule has 1 amide bonds. The van der Waals surface area contributed by atoms with E-state index in [2.05, 4.69) is 10.3 Å². The zero-order chi connectivity index (χ0) is 18.0. The summed E-state index contributed by atoms with van der Waals surface area (Å²) in [5.41, 5.74) is -1.30. The summed E-state index contributed by atoms with van der Waals surface area (Å²) in [5, 5.41) is 4.82. The SMILES string of the molecule is O=C(Nc1c(Cl)cccc1Cl)c1c[nH]c(=O)n(Cc2cccs2)c1=O. The van der Waals surface area contributed by atoms with E-state index in [9.17, 15) is 14.4 Å². The van der Waals surface area contributed by atoms with Crippen molar-refractivity contribution in [1.29, 1.82) is 0 Å². The van der Waals surface area contributed by atoms with Gasteiger partial charge < -0.3 is 10.3 Å². The van der Waals surface area contributed by atoms with E-state index in [0.717, 1.165) is 15.6 Å². The molecule has 0 aliphatic rings. The standard InChI is InChI=1S/C16H11Cl2N3O3S/c17-11-4-1-5-12(18)13(11)20-14(22)10-7-19-16(24)21(15(10)23)8-9-3-2-6-25-9/h1-7H,8H2,(H,19,24)(H,20,22). The minimum absolute atomic E-state index is 0.0831. The van der Waals surface area contributed by atoms with E-state index in [-0.39, 0.29) is 27.8 Å². The van der Waals surface area contributed by atoms with Crippen molar-refractivity contribution in [2.45, 2.75) is 6.54 Å². The topological polar surface area (TPSA) is 84.0 Å². The summed E-state index contributed by atoms with van der Waals surface area (Å²) in [6, 6.07) is 8.37. The minimum Gasteiger partial charge on any atom is -0.319 e. The molecule has 2 N–H and O–H groups in total. The fourth-order valence-corrected chi connectivity index (χ4v) is 3.36. The molecule has 128 valence electrons. The normalized spacial score (nSPS) is 10.6. The van der Waals surface area contributed by atoms with Gasteiger partial charge in [0, 0.05) is 11.1 Å². The maximum atomic E-state index is 12.5. The molecule has 0 saturated heterocycles. The Morgan fingerprint density at radius 1 is 1.16 bits per heavy atom. The zero-order valence-corrected chi connectivity index (χ0v) is 14.9. The number of halogens is 2. The number of nitrogens with zero attached hydrogens (tertiary/aromatic N) is 1. The summed E-state index contributed by atoms with van der Waals surface area (Å²) in [6.07, 6.45) is 1.08. The quantitative estimate of drug-likeness (QED) is 0.711. The highest BCUT2D eigenvalue weighted by Crippen LogP contribution is 2.29. The molecule has 3 rings (SSSR count). The molecule has 25 heavy (non-hydrogen) atoms. The summed E-state index contributed by atoms with van der Waals surface area (Å²) < 4.78 is 0.967. The number of aromatic nitrogens is 2. The molecule has 0 saturated carbocycles. The van der Waals surface area contributed by atoms with Crippen LogP contribution in [0.15, 0.2) is 51.5 Å². The van der Waals surface area contributed by atoms with Crippen LogP contribution in [0.25, 0.3) is 0 Å². The Morgan fingerprint density at radius 2 is 1.88 bits per heavy atom. The van der Waals surface area contributed by atoms with Crippen LogP contribution in [0.1, 0.15) is 15.2 Å². The first-order valence-corrected chi connectivity index (χ1v) is 8.71. The number of hydrogen-bond donors (Lipinski definition) is 2. The molecule has 0 aliphatic carbocycles. The van der Waals surface area contributed by atoms with Crippen LogP contribution in [0, 0.1) is 0 Å². The molecule has 2 heterocycles. The number of benzene rings is 1. The summed E-state index contributed by atoms with van der Waals surface area (Å²) in [7, 11) is 0. The van der Waals surface area contributed by atoms with E-state index >= 15 is 0 Å². The van der Waals surface area contributed by atoms with Gasteiger partial charge in [-0.1, -0.05) is 35.3 Å². The molecular formula is C16H11Cl2N3O3S. The first kappa shape index (κ1) is 17.5. The Labute approximate surface area is 155 Å². The molecule has 6 nitrogen and oxygen atoms in total. The van der Waals surface area contributed by atoms with Gasteiger partial charge in [-0.05, 0) is 23.6 Å². The van der Waals surface area contributed by atoms with Crippen molar-refractivity contribution in [2.75, 3.05) is 5.32 Å². The van der Waals surface area contributed by atoms with Gasteiger partial charge in [-0.2, -0.15) is 0 Å². The molecular weight excluding hydrogens is 385 g/mol. The number of hydrogen-bond acceptors (Lipinski definition) is 4. The number of rotatable bonds is 4. The van der Waals surface area contributed by atoms with Gasteiger partial charge in [0.05, 0.1) is 22.3 Å². The van der Waals surface area contributed by atoms with Crippen LogP contribution in [-0.2, 0) is 6.54 Å². The highest BCUT2D eigenvalue weighted by Gasteiger charge is 2.17. The van der Waals surface area contributed by atoms with E-state index in [4.69, 9.17) is 23.2 Å². The molecule has 1 aromatic carbocycles. The van der Waals surface area contributed by atoms with Gasteiger partial charge in [-0.3, -0.25) is 14.2 Å². The number of carbonyl (C=O) groups excluding carboxylic acids is 1. The molecule has 0 unspecified atom stereocenters. The molecule has 9 heteroatoms. The number of carbonyl (C=O) groups is 1. The van der Waals surface area contributed by atoms with Crippen molar-refractivity contribution in [3.05, 3.63) is 83.2 Å². The molecule has 0 spiro atoms. The number of amides is 1. The number of thiophene rings is 1. The number of anilines is 1. The van der Waals surface area contributed by atoms with Crippen LogP contribution >= 0.6 is 34.5 Å². The molecule has 0 bridgehead atoms. The van der Waals surface area contributed by atoms with Gasteiger partial charge in [0.15, 0.2) is 0 Å². The lowest BCUT2D eigenvalue weighted by molar-refractivity contribution is 0.102. The van der Waals surface area contributed by atoms with E-state index in [0.29, 0.717) is 0 Å². The van der Waals surface area contributed by atoms with Gasteiger partial charge in [0.2, 0.25) is 0 Å². The molecule has 2 aromatic heterocycles. The Bertz CT molecular complexity index is 1020. The van der Waals surface area contributed by atoms with Crippen molar-refractivity contribution in [2.24, 2.45) is 0 Å². The van der Waals surface area contributed by atoms with E-state index in [1.54, 1.807) is 24.3 Å². The lowest BCUT2D eigenvalue weighted by atomic mass is 10.2. The van der Waals surface area contributed by atoms with Crippen molar-refractivity contribution in [1.82, 2.24) is 9.55 Å². The second kappa shape index (κ2) is 7.26. The van der Waals surface area contributed by atoms with Crippen LogP contribution in [0.3, 0.4) is 0 Å². The Kier molecular flexibility index (Phi) is 5.08. The Balaban J connectivity index is 1.96. The lowest BCUT2D eigenvalue weighted by Gasteiger charge is -2.10. The van der Waals surface area contributed by atoms with Crippen LogP contribution < -0.4 is 16.6 Å². The number of aromatic amines is 1. The van der Waals surface area contributed by atoms with Crippen LogP contribution in [-0.4, -0.2) is 15.5 Å². The number of H-pyrrole nitrogens is 1. The summed E-state index contributed by atoms with van der Waals surface area (Å²) in [6.45, 7) is 0.0831. The minimum atomic E-state index is -0.712. The van der Waals surface area contributed by atoms with Crippen LogP contribution in [0.2, 0.25) is 10.0 Å². The summed E-state index contributed by atoms with van der Waals surface area (Å²) >= 11 is 13.4. The Morgan fingerprint density at radius 3 is 2.52 bits per heavy atom. The van der Waals surface area contributed by atoms with E-state index in [1.165, 1.54) is 11.3 Å². The third kappa shape index (κ3) is 3.68. The third-order valence-corrected chi connectivity index (χ3v) is 4.89. The number of nitrogens with one attached hydrogen (secondary N) is 2.